The van der Waals surface area contributed by atoms with Crippen molar-refractivity contribution in [3.63, 3.8) is 0 Å². The normalized spacial score (nSPS) is 25.9. The molecule has 0 aromatic heterocycles. The fourth-order valence-electron chi connectivity index (χ4n) is 5.20. The predicted molar refractivity (Wildman–Crippen MR) is 117 cm³/mol. The average molecular weight is 456 g/mol. The Hall–Kier alpha value is -3.36. The molecule has 9 heteroatoms. The zero-order valence-electron chi connectivity index (χ0n) is 19.1. The third kappa shape index (κ3) is 3.96. The Labute approximate surface area is 192 Å². The standard InChI is InChI=1S/C24H28N2O7/c1-12(2)21(26-22(28)19-13-5-6-14(9-13)20(19)23(26)29)24(30)33-11-18(27)25-16-10-15(31-3)7-8-17(16)32-4/h5-8,10,12-14,19-21H,9,11H2,1-4H3,(H,25,27)/t13-,14-,19-,20+,21+/m0/s1. The molecule has 2 bridgehead atoms. The lowest BCUT2D eigenvalue weighted by molar-refractivity contribution is -0.162. The van der Waals surface area contributed by atoms with Gasteiger partial charge in [0.1, 0.15) is 17.5 Å². The number of hydrogen-bond acceptors (Lipinski definition) is 7. The zero-order chi connectivity index (χ0) is 23.9. The lowest BCUT2D eigenvalue weighted by Gasteiger charge is -2.28. The number of likely N-dealkylation sites (tertiary alicyclic amines) is 1. The van der Waals surface area contributed by atoms with Crippen LogP contribution in [0.1, 0.15) is 20.3 Å². The van der Waals surface area contributed by atoms with Gasteiger partial charge in [-0.05, 0) is 36.3 Å². The van der Waals surface area contributed by atoms with E-state index < -0.39 is 36.4 Å². The smallest absolute Gasteiger partial charge is 0.330 e. The van der Waals surface area contributed by atoms with E-state index in [1.807, 2.05) is 12.2 Å². The number of carbonyl (C=O) groups is 4. The Balaban J connectivity index is 1.42. The first kappa shape index (κ1) is 22.8. The molecule has 1 heterocycles. The third-order valence-corrected chi connectivity index (χ3v) is 6.68. The molecule has 4 rings (SSSR count). The lowest BCUT2D eigenvalue weighted by Crippen LogP contribution is -2.50. The summed E-state index contributed by atoms with van der Waals surface area (Å²) < 4.78 is 15.6. The molecule has 33 heavy (non-hydrogen) atoms. The Morgan fingerprint density at radius 3 is 2.24 bits per heavy atom. The van der Waals surface area contributed by atoms with Crippen LogP contribution in [-0.4, -0.2) is 55.5 Å². The lowest BCUT2D eigenvalue weighted by atomic mass is 9.85. The van der Waals surface area contributed by atoms with Gasteiger partial charge in [-0.1, -0.05) is 26.0 Å². The molecule has 3 aliphatic rings. The number of hydrogen-bond donors (Lipinski definition) is 1. The number of fused-ring (bicyclic) bond motifs is 5. The molecule has 0 spiro atoms. The van der Waals surface area contributed by atoms with Gasteiger partial charge >= 0.3 is 5.97 Å². The van der Waals surface area contributed by atoms with Crippen LogP contribution in [0.4, 0.5) is 5.69 Å². The van der Waals surface area contributed by atoms with Gasteiger partial charge in [-0.15, -0.1) is 0 Å². The van der Waals surface area contributed by atoms with Crippen molar-refractivity contribution in [1.82, 2.24) is 4.90 Å². The number of methoxy groups -OCH3 is 2. The molecule has 2 fully saturated rings. The molecular weight excluding hydrogens is 428 g/mol. The van der Waals surface area contributed by atoms with E-state index in [1.54, 1.807) is 32.0 Å². The van der Waals surface area contributed by atoms with Crippen LogP contribution in [0.15, 0.2) is 30.4 Å². The average Bonchev–Trinajstić information content (AvgIpc) is 3.47. The van der Waals surface area contributed by atoms with Crippen LogP contribution in [-0.2, 0) is 23.9 Å². The Morgan fingerprint density at radius 1 is 1.06 bits per heavy atom. The van der Waals surface area contributed by atoms with Gasteiger partial charge in [-0.2, -0.15) is 0 Å². The van der Waals surface area contributed by atoms with Gasteiger partial charge in [0, 0.05) is 6.07 Å². The molecule has 5 atom stereocenters. The van der Waals surface area contributed by atoms with E-state index >= 15 is 0 Å². The minimum Gasteiger partial charge on any atom is -0.497 e. The molecule has 3 amide bonds. The van der Waals surface area contributed by atoms with Gasteiger partial charge in [-0.25, -0.2) is 4.79 Å². The Bertz CT molecular complexity index is 988. The SMILES string of the molecule is COc1ccc(OC)c(NC(=O)COC(=O)[C@@H](C(C)C)N2C(=O)[C@@H]3[C@H](C2=O)[C@H]2C=C[C@H]3C2)c1. The third-order valence-electron chi connectivity index (χ3n) is 6.68. The second-order valence-electron chi connectivity index (χ2n) is 8.96. The van der Waals surface area contributed by atoms with Gasteiger partial charge in [0.25, 0.3) is 5.91 Å². The molecule has 1 aromatic rings. The fourth-order valence-corrected chi connectivity index (χ4v) is 5.20. The molecule has 2 aliphatic carbocycles. The van der Waals surface area contributed by atoms with E-state index in [0.29, 0.717) is 17.2 Å². The largest absolute Gasteiger partial charge is 0.497 e. The number of nitrogens with one attached hydrogen (secondary N) is 1. The number of ether oxygens (including phenoxy) is 3. The van der Waals surface area contributed by atoms with Crippen molar-refractivity contribution in [1.29, 1.82) is 0 Å². The van der Waals surface area contributed by atoms with Gasteiger partial charge in [0.05, 0.1) is 31.7 Å². The zero-order valence-corrected chi connectivity index (χ0v) is 19.1. The van der Waals surface area contributed by atoms with Crippen LogP contribution in [0.25, 0.3) is 0 Å². The summed E-state index contributed by atoms with van der Waals surface area (Å²) >= 11 is 0. The first-order chi connectivity index (χ1) is 15.8. The molecule has 1 aromatic carbocycles. The van der Waals surface area contributed by atoms with E-state index in [-0.39, 0.29) is 29.6 Å². The van der Waals surface area contributed by atoms with Crippen molar-refractivity contribution in [2.24, 2.45) is 29.6 Å². The van der Waals surface area contributed by atoms with Crippen LogP contribution in [0.2, 0.25) is 0 Å². The highest BCUT2D eigenvalue weighted by molar-refractivity contribution is 6.09. The fraction of sp³-hybridized carbons (Fsp3) is 0.500. The molecule has 176 valence electrons. The number of benzene rings is 1. The number of anilines is 1. The Morgan fingerprint density at radius 2 is 1.70 bits per heavy atom. The number of rotatable bonds is 8. The summed E-state index contributed by atoms with van der Waals surface area (Å²) in [6, 6.07) is 3.83. The van der Waals surface area contributed by atoms with Crippen LogP contribution < -0.4 is 14.8 Å². The molecule has 9 nitrogen and oxygen atoms in total. The van der Waals surface area contributed by atoms with Crippen molar-refractivity contribution in [2.75, 3.05) is 26.1 Å². The molecular formula is C24H28N2O7. The number of esters is 1. The predicted octanol–water partition coefficient (Wildman–Crippen LogP) is 2.02. The second-order valence-corrected chi connectivity index (χ2v) is 8.96. The molecule has 1 N–H and O–H groups in total. The first-order valence-corrected chi connectivity index (χ1v) is 11.0. The Kier molecular flexibility index (Phi) is 6.14. The minimum absolute atomic E-state index is 0.0499. The maximum Gasteiger partial charge on any atom is 0.330 e. The van der Waals surface area contributed by atoms with Crippen molar-refractivity contribution in [2.45, 2.75) is 26.3 Å². The number of amides is 3. The number of nitrogens with zero attached hydrogens (tertiary/aromatic N) is 1. The van der Waals surface area contributed by atoms with E-state index in [9.17, 15) is 19.2 Å². The van der Waals surface area contributed by atoms with Crippen LogP contribution in [0.5, 0.6) is 11.5 Å². The maximum absolute atomic E-state index is 13.1. The summed E-state index contributed by atoms with van der Waals surface area (Å²) in [5.41, 5.74) is 0.360. The quantitative estimate of drug-likeness (QED) is 0.362. The van der Waals surface area contributed by atoms with E-state index in [4.69, 9.17) is 14.2 Å². The summed E-state index contributed by atoms with van der Waals surface area (Å²) in [5.74, 6) is -2.13. The van der Waals surface area contributed by atoms with E-state index in [2.05, 4.69) is 5.32 Å². The molecule has 1 saturated carbocycles. The highest BCUT2D eigenvalue weighted by Crippen LogP contribution is 2.53. The van der Waals surface area contributed by atoms with Gasteiger partial charge in [-0.3, -0.25) is 19.3 Å². The molecule has 0 radical (unpaired) electrons. The number of allylic oxidation sites excluding steroid dienone is 2. The van der Waals surface area contributed by atoms with E-state index in [0.717, 1.165) is 11.3 Å². The summed E-state index contributed by atoms with van der Waals surface area (Å²) in [6.45, 7) is 2.92. The van der Waals surface area contributed by atoms with Crippen molar-refractivity contribution < 1.29 is 33.4 Å². The monoisotopic (exact) mass is 456 g/mol. The van der Waals surface area contributed by atoms with Crippen LogP contribution in [0, 0.1) is 29.6 Å². The topological polar surface area (TPSA) is 111 Å². The van der Waals surface area contributed by atoms with E-state index in [1.165, 1.54) is 14.2 Å². The van der Waals surface area contributed by atoms with Gasteiger partial charge in [0.2, 0.25) is 11.8 Å². The first-order valence-electron chi connectivity index (χ1n) is 11.0. The maximum atomic E-state index is 13.1. The summed E-state index contributed by atoms with van der Waals surface area (Å²) in [5, 5.41) is 2.62. The molecule has 1 saturated heterocycles. The van der Waals surface area contributed by atoms with Crippen molar-refractivity contribution >= 4 is 29.4 Å². The van der Waals surface area contributed by atoms with Crippen LogP contribution >= 0.6 is 0 Å². The van der Waals surface area contributed by atoms with Crippen LogP contribution in [0.3, 0.4) is 0 Å². The molecule has 0 unspecified atom stereocenters. The number of carbonyl (C=O) groups excluding carboxylic acids is 4. The van der Waals surface area contributed by atoms with Crippen molar-refractivity contribution in [3.8, 4) is 11.5 Å². The second kappa shape index (κ2) is 8.88. The summed E-state index contributed by atoms with van der Waals surface area (Å²) in [4.78, 5) is 52.7. The highest BCUT2D eigenvalue weighted by atomic mass is 16.5. The van der Waals surface area contributed by atoms with Gasteiger partial charge < -0.3 is 19.5 Å². The summed E-state index contributed by atoms with van der Waals surface area (Å²) in [6.07, 6.45) is 4.81. The van der Waals surface area contributed by atoms with Crippen molar-refractivity contribution in [3.05, 3.63) is 30.4 Å². The van der Waals surface area contributed by atoms with Gasteiger partial charge in [0.15, 0.2) is 6.61 Å². The number of imide groups is 1. The summed E-state index contributed by atoms with van der Waals surface area (Å²) in [7, 11) is 2.96. The molecule has 1 aliphatic heterocycles. The minimum atomic E-state index is -1.07. The highest BCUT2D eigenvalue weighted by Gasteiger charge is 2.61.